The predicted octanol–water partition coefficient (Wildman–Crippen LogP) is -3.52. The smallest absolute Gasteiger partial charge is 1.00 e. The third-order valence-corrected chi connectivity index (χ3v) is 1.55. The van der Waals surface area contributed by atoms with Gasteiger partial charge in [-0.25, -0.2) is 5.10 Å². The molecule has 5 nitrogen and oxygen atoms in total. The average Bonchev–Trinajstić information content (AvgIpc) is 2.15. The van der Waals surface area contributed by atoms with Crippen LogP contribution in [-0.4, -0.2) is 27.6 Å². The summed E-state index contributed by atoms with van der Waals surface area (Å²) >= 11 is 1.95. The number of halogens is 1. The molecule has 0 fully saturated rings. The molecular formula is C3H5BIKN2O3. The second kappa shape index (κ2) is 5.91. The van der Waals surface area contributed by atoms with Crippen LogP contribution in [0.1, 0.15) is 1.43 Å². The van der Waals surface area contributed by atoms with Crippen LogP contribution in [-0.2, 0) is 0 Å². The zero-order valence-electron chi connectivity index (χ0n) is 6.78. The number of hydrogen-bond donors (Lipinski definition) is 3. The maximum atomic E-state index is 8.33. The summed E-state index contributed by atoms with van der Waals surface area (Å²) in [7, 11) is -1.80. The molecule has 1 rings (SSSR count). The van der Waals surface area contributed by atoms with Gasteiger partial charge in [0.1, 0.15) is 0 Å². The Balaban J connectivity index is 0. The van der Waals surface area contributed by atoms with Gasteiger partial charge in [0.15, 0.2) is 0 Å². The number of rotatable bonds is 2. The van der Waals surface area contributed by atoms with E-state index in [-0.39, 0.29) is 58.7 Å². The maximum Gasteiger partial charge on any atom is 1.00 e. The molecule has 1 heterocycles. The summed E-state index contributed by atoms with van der Waals surface area (Å²) in [5.74, 6) is 0.260. The third kappa shape index (κ3) is 4.22. The van der Waals surface area contributed by atoms with E-state index in [0.717, 1.165) is 0 Å². The molecular weight excluding hydrogens is 289 g/mol. The van der Waals surface area contributed by atoms with E-state index in [0.29, 0.717) is 3.57 Å². The van der Waals surface area contributed by atoms with Gasteiger partial charge in [0, 0.05) is 0 Å². The normalized spacial score (nSPS) is 8.64. The molecule has 1 aromatic rings. The molecule has 0 radical (unpaired) electrons. The van der Waals surface area contributed by atoms with Gasteiger partial charge in [-0.1, -0.05) is 0 Å². The van der Waals surface area contributed by atoms with E-state index in [4.69, 9.17) is 10.0 Å². The van der Waals surface area contributed by atoms with Crippen LogP contribution in [0.3, 0.4) is 0 Å². The second-order valence-corrected chi connectivity index (χ2v) is 2.65. The number of hydrogen-bond acceptors (Lipinski definition) is 4. The van der Waals surface area contributed by atoms with Crippen LogP contribution in [0.4, 0.5) is 0 Å². The molecule has 0 amide bonds. The number of H-pyrrole nitrogens is 1. The molecule has 0 aromatic carbocycles. The molecule has 0 aliphatic heterocycles. The fourth-order valence-corrected chi connectivity index (χ4v) is 0.835. The van der Waals surface area contributed by atoms with Gasteiger partial charge >= 0.3 is 58.7 Å². The first-order valence-corrected chi connectivity index (χ1v) is 3.49. The van der Waals surface area contributed by atoms with Crippen molar-refractivity contribution in [3.8, 4) is 5.88 Å². The summed E-state index contributed by atoms with van der Waals surface area (Å²) in [6.45, 7) is 0. The van der Waals surface area contributed by atoms with Gasteiger partial charge in [0.25, 0.3) is 0 Å². The Morgan fingerprint density at radius 1 is 1.73 bits per heavy atom. The van der Waals surface area contributed by atoms with Crippen molar-refractivity contribution in [2.45, 2.75) is 0 Å². The van der Waals surface area contributed by atoms with Crippen LogP contribution in [0.15, 0.2) is 6.20 Å². The van der Waals surface area contributed by atoms with Crippen molar-refractivity contribution < 1.29 is 67.5 Å². The molecule has 0 aliphatic rings. The van der Waals surface area contributed by atoms with E-state index in [1.165, 1.54) is 6.20 Å². The van der Waals surface area contributed by atoms with Crippen molar-refractivity contribution in [1.82, 2.24) is 10.2 Å². The molecule has 0 saturated carbocycles. The quantitative estimate of drug-likeness (QED) is 0.390. The maximum absolute atomic E-state index is 8.33. The first-order chi connectivity index (χ1) is 4.70. The second-order valence-electron chi connectivity index (χ2n) is 1.49. The Bertz CT molecular complexity index is 225. The van der Waals surface area contributed by atoms with Crippen LogP contribution in [0.2, 0.25) is 0 Å². The first kappa shape index (κ1) is 12.4. The molecule has 56 valence electrons. The number of aromatic amines is 1. The third-order valence-electron chi connectivity index (χ3n) is 0.784. The van der Waals surface area contributed by atoms with E-state index < -0.39 is 7.32 Å². The molecule has 3 N–H and O–H groups in total. The van der Waals surface area contributed by atoms with Crippen molar-refractivity contribution in [1.29, 1.82) is 0 Å². The van der Waals surface area contributed by atoms with E-state index in [9.17, 15) is 0 Å². The van der Waals surface area contributed by atoms with Crippen LogP contribution in [0.5, 0.6) is 5.88 Å². The Hall–Kier alpha value is 1.36. The molecule has 0 unspecified atom stereocenters. The summed E-state index contributed by atoms with van der Waals surface area (Å²) < 4.78 is 5.17. The van der Waals surface area contributed by atoms with Gasteiger partial charge in [0.05, 0.1) is 9.77 Å². The zero-order valence-corrected chi connectivity index (χ0v) is 11.1. The largest absolute Gasteiger partial charge is 1.00 e. The minimum atomic E-state index is -1.80. The van der Waals surface area contributed by atoms with Crippen molar-refractivity contribution in [2.75, 3.05) is 0 Å². The SMILES string of the molecule is OB(O)Oc1[nH]ncc1I.[H-].[K+]. The van der Waals surface area contributed by atoms with Crippen molar-refractivity contribution in [3.63, 3.8) is 0 Å². The van der Waals surface area contributed by atoms with E-state index >= 15 is 0 Å². The topological polar surface area (TPSA) is 78.4 Å². The Labute approximate surface area is 121 Å². The molecule has 0 bridgehead atoms. The molecule has 8 heteroatoms. The zero-order chi connectivity index (χ0) is 7.56. The van der Waals surface area contributed by atoms with Gasteiger partial charge in [-0.05, 0) is 22.6 Å². The summed E-state index contributed by atoms with van der Waals surface area (Å²) in [5.41, 5.74) is 0. The molecule has 0 atom stereocenters. The van der Waals surface area contributed by atoms with Gasteiger partial charge in [0.2, 0.25) is 5.88 Å². The molecule has 0 saturated heterocycles. The molecule has 0 aliphatic carbocycles. The first-order valence-electron chi connectivity index (χ1n) is 2.42. The monoisotopic (exact) mass is 294 g/mol. The number of aromatic nitrogens is 2. The summed E-state index contributed by atoms with van der Waals surface area (Å²) in [5, 5.41) is 22.7. The van der Waals surface area contributed by atoms with Gasteiger partial charge in [-0.15, -0.1) is 0 Å². The van der Waals surface area contributed by atoms with Crippen LogP contribution >= 0.6 is 22.6 Å². The minimum absolute atomic E-state index is 0. The van der Waals surface area contributed by atoms with E-state index in [2.05, 4.69) is 14.9 Å². The van der Waals surface area contributed by atoms with Crippen molar-refractivity contribution in [3.05, 3.63) is 9.77 Å². The Morgan fingerprint density at radius 3 is 2.73 bits per heavy atom. The van der Waals surface area contributed by atoms with E-state index in [1.807, 2.05) is 22.6 Å². The fourth-order valence-electron chi connectivity index (χ4n) is 0.448. The van der Waals surface area contributed by atoms with Crippen molar-refractivity contribution in [2.24, 2.45) is 0 Å². The Kier molecular flexibility index (Phi) is 6.65. The van der Waals surface area contributed by atoms with Crippen LogP contribution in [0, 0.1) is 3.57 Å². The number of nitrogens with one attached hydrogen (secondary N) is 1. The summed E-state index contributed by atoms with van der Waals surface area (Å²) in [6, 6.07) is 0. The summed E-state index contributed by atoms with van der Waals surface area (Å²) in [4.78, 5) is 0. The Morgan fingerprint density at radius 2 is 2.36 bits per heavy atom. The standard InChI is InChI=1S/C3H4BIN2O3.K.H/c5-2-1-6-7-3(2)10-4(8)9;;/h1,8-9H,(H,6,7);;/q;+1;-1. The average molecular weight is 294 g/mol. The van der Waals surface area contributed by atoms with Gasteiger partial charge in [-0.2, -0.15) is 5.10 Å². The van der Waals surface area contributed by atoms with Crippen LogP contribution < -0.4 is 56.0 Å². The van der Waals surface area contributed by atoms with Gasteiger partial charge in [-0.3, -0.25) is 0 Å². The van der Waals surface area contributed by atoms with E-state index in [1.54, 1.807) is 0 Å². The molecule has 1 aromatic heterocycles. The van der Waals surface area contributed by atoms with Crippen molar-refractivity contribution >= 4 is 29.9 Å². The predicted molar refractivity (Wildman–Crippen MR) is 43.2 cm³/mol. The molecule has 0 spiro atoms. The van der Waals surface area contributed by atoms with Crippen LogP contribution in [0.25, 0.3) is 0 Å². The molecule has 11 heavy (non-hydrogen) atoms. The minimum Gasteiger partial charge on any atom is -1.00 e. The summed E-state index contributed by atoms with van der Waals surface area (Å²) in [6.07, 6.45) is 1.51. The fraction of sp³-hybridized carbons (Fsp3) is 0. The van der Waals surface area contributed by atoms with Gasteiger partial charge < -0.3 is 16.1 Å². The number of nitrogens with zero attached hydrogens (tertiary/aromatic N) is 1.